The largest absolute Gasteiger partial charge is 0.366 e. The molecule has 0 aliphatic carbocycles. The number of halogens is 1. The Hall–Kier alpha value is -4.05. The van der Waals surface area contributed by atoms with Crippen LogP contribution in [-0.2, 0) is 0 Å². The van der Waals surface area contributed by atoms with E-state index in [4.69, 9.17) is 0 Å². The average Bonchev–Trinajstić information content (AvgIpc) is 3.54. The molecule has 0 N–H and O–H groups in total. The molecule has 34 heavy (non-hydrogen) atoms. The molecule has 2 aromatic carbocycles. The van der Waals surface area contributed by atoms with Gasteiger partial charge in [0.15, 0.2) is 0 Å². The number of carbonyl (C=O) groups is 1. The highest BCUT2D eigenvalue weighted by Gasteiger charge is 2.27. The number of non-ortho nitro benzene ring substituents is 1. The molecular formula is C24H20FN5O3S. The second-order valence-corrected chi connectivity index (χ2v) is 8.76. The fraction of sp³-hybridized carbons (Fsp3) is 0.167. The van der Waals surface area contributed by atoms with Gasteiger partial charge in [0.2, 0.25) is 0 Å². The van der Waals surface area contributed by atoms with E-state index in [9.17, 15) is 19.3 Å². The van der Waals surface area contributed by atoms with Gasteiger partial charge in [-0.2, -0.15) is 5.10 Å². The Morgan fingerprint density at radius 1 is 1.00 bits per heavy atom. The van der Waals surface area contributed by atoms with Crippen molar-refractivity contribution in [2.75, 3.05) is 31.1 Å². The van der Waals surface area contributed by atoms with Crippen LogP contribution in [0.4, 0.5) is 15.8 Å². The van der Waals surface area contributed by atoms with Crippen LogP contribution in [0, 0.1) is 15.9 Å². The first kappa shape index (κ1) is 21.8. The minimum Gasteiger partial charge on any atom is -0.366 e. The molecule has 1 amide bonds. The van der Waals surface area contributed by atoms with E-state index in [-0.39, 0.29) is 17.4 Å². The van der Waals surface area contributed by atoms with Crippen LogP contribution in [0.5, 0.6) is 0 Å². The number of benzene rings is 2. The summed E-state index contributed by atoms with van der Waals surface area (Å²) in [6.07, 6.45) is 0. The summed E-state index contributed by atoms with van der Waals surface area (Å²) in [7, 11) is 0. The van der Waals surface area contributed by atoms with Crippen molar-refractivity contribution in [3.63, 3.8) is 0 Å². The van der Waals surface area contributed by atoms with Crippen molar-refractivity contribution in [3.8, 4) is 16.3 Å². The summed E-state index contributed by atoms with van der Waals surface area (Å²) in [6, 6.07) is 18.2. The smallest absolute Gasteiger partial charge is 0.272 e. The maximum atomic E-state index is 14.2. The molecule has 1 aliphatic heterocycles. The predicted octanol–water partition coefficient (Wildman–Crippen LogP) is 4.61. The summed E-state index contributed by atoms with van der Waals surface area (Å²) in [4.78, 5) is 28.9. The molecule has 0 spiro atoms. The van der Waals surface area contributed by atoms with Crippen LogP contribution in [0.1, 0.15) is 10.5 Å². The predicted molar refractivity (Wildman–Crippen MR) is 128 cm³/mol. The Kier molecular flexibility index (Phi) is 5.81. The number of piperazine rings is 1. The Morgan fingerprint density at radius 2 is 1.79 bits per heavy atom. The number of rotatable bonds is 5. The first-order valence-electron chi connectivity index (χ1n) is 10.7. The summed E-state index contributed by atoms with van der Waals surface area (Å²) in [6.45, 7) is 1.83. The molecule has 1 saturated heterocycles. The van der Waals surface area contributed by atoms with Crippen molar-refractivity contribution in [2.24, 2.45) is 0 Å². The molecule has 4 aromatic rings. The van der Waals surface area contributed by atoms with E-state index in [2.05, 4.69) is 5.10 Å². The van der Waals surface area contributed by atoms with Crippen LogP contribution in [0.3, 0.4) is 0 Å². The van der Waals surface area contributed by atoms with Crippen molar-refractivity contribution in [1.29, 1.82) is 0 Å². The molecule has 172 valence electrons. The zero-order valence-electron chi connectivity index (χ0n) is 18.0. The third kappa shape index (κ3) is 4.15. The molecule has 1 aliphatic rings. The van der Waals surface area contributed by atoms with E-state index in [1.54, 1.807) is 41.3 Å². The fourth-order valence-electron chi connectivity index (χ4n) is 4.03. The quantitative estimate of drug-likeness (QED) is 0.310. The number of anilines is 1. The Morgan fingerprint density at radius 3 is 2.50 bits per heavy atom. The minimum absolute atomic E-state index is 0.0809. The monoisotopic (exact) mass is 477 g/mol. The van der Waals surface area contributed by atoms with E-state index in [0.717, 1.165) is 4.88 Å². The zero-order chi connectivity index (χ0) is 23.7. The van der Waals surface area contributed by atoms with Crippen LogP contribution in [0.15, 0.2) is 72.1 Å². The molecular weight excluding hydrogens is 457 g/mol. The Balaban J connectivity index is 1.45. The Labute approximate surface area is 198 Å². The highest BCUT2D eigenvalue weighted by Crippen LogP contribution is 2.28. The van der Waals surface area contributed by atoms with Gasteiger partial charge >= 0.3 is 0 Å². The van der Waals surface area contributed by atoms with Gasteiger partial charge in [-0.25, -0.2) is 9.07 Å². The maximum Gasteiger partial charge on any atom is 0.272 e. The lowest BCUT2D eigenvalue weighted by molar-refractivity contribution is -0.384. The van der Waals surface area contributed by atoms with Crippen LogP contribution < -0.4 is 4.90 Å². The van der Waals surface area contributed by atoms with Gasteiger partial charge in [0.25, 0.3) is 11.6 Å². The second kappa shape index (κ2) is 9.06. The number of thiophene rings is 1. The number of amides is 1. The molecule has 0 atom stereocenters. The van der Waals surface area contributed by atoms with Gasteiger partial charge in [-0.15, -0.1) is 11.3 Å². The summed E-state index contributed by atoms with van der Waals surface area (Å²) >= 11 is 1.50. The van der Waals surface area contributed by atoms with Gasteiger partial charge in [-0.05, 0) is 35.7 Å². The van der Waals surface area contributed by atoms with Gasteiger partial charge in [-0.3, -0.25) is 14.9 Å². The number of hydrogen-bond acceptors (Lipinski definition) is 6. The lowest BCUT2D eigenvalue weighted by Crippen LogP contribution is -2.49. The molecule has 2 aromatic heterocycles. The number of para-hydroxylation sites is 1. The molecule has 0 unspecified atom stereocenters. The highest BCUT2D eigenvalue weighted by molar-refractivity contribution is 7.13. The van der Waals surface area contributed by atoms with Crippen LogP contribution in [0.25, 0.3) is 16.3 Å². The molecule has 3 heterocycles. The summed E-state index contributed by atoms with van der Waals surface area (Å²) in [5.74, 6) is -0.512. The first-order valence-corrected chi connectivity index (χ1v) is 11.6. The molecule has 10 heteroatoms. The number of nitro groups is 1. The first-order chi connectivity index (χ1) is 16.5. The van der Waals surface area contributed by atoms with Gasteiger partial charge in [0.1, 0.15) is 17.2 Å². The topological polar surface area (TPSA) is 84.5 Å². The fourth-order valence-corrected chi connectivity index (χ4v) is 4.72. The minimum atomic E-state index is -0.476. The second-order valence-electron chi connectivity index (χ2n) is 7.81. The van der Waals surface area contributed by atoms with E-state index in [0.29, 0.717) is 48.9 Å². The number of hydrogen-bond donors (Lipinski definition) is 0. The van der Waals surface area contributed by atoms with Crippen molar-refractivity contribution < 1.29 is 14.1 Å². The van der Waals surface area contributed by atoms with E-state index in [1.165, 1.54) is 34.2 Å². The van der Waals surface area contributed by atoms with Crippen molar-refractivity contribution in [2.45, 2.75) is 0 Å². The number of aromatic nitrogens is 2. The van der Waals surface area contributed by atoms with E-state index < -0.39 is 4.92 Å². The van der Waals surface area contributed by atoms with Gasteiger partial charge in [0.05, 0.1) is 21.2 Å². The maximum absolute atomic E-state index is 14.2. The number of nitrogens with zero attached hydrogens (tertiary/aromatic N) is 5. The number of nitro benzene ring substituents is 1. The number of carbonyl (C=O) groups excluding carboxylic acids is 1. The molecule has 1 fully saturated rings. The summed E-state index contributed by atoms with van der Waals surface area (Å²) < 4.78 is 15.6. The van der Waals surface area contributed by atoms with Crippen LogP contribution >= 0.6 is 11.3 Å². The lowest BCUT2D eigenvalue weighted by Gasteiger charge is -2.36. The van der Waals surface area contributed by atoms with Gasteiger partial charge < -0.3 is 9.80 Å². The van der Waals surface area contributed by atoms with Gasteiger partial charge in [-0.1, -0.05) is 24.3 Å². The molecule has 8 nitrogen and oxygen atoms in total. The van der Waals surface area contributed by atoms with Crippen LogP contribution in [0.2, 0.25) is 0 Å². The van der Waals surface area contributed by atoms with Gasteiger partial charge in [0, 0.05) is 38.3 Å². The lowest BCUT2D eigenvalue weighted by atomic mass is 10.2. The normalized spacial score (nSPS) is 13.8. The molecule has 0 radical (unpaired) electrons. The van der Waals surface area contributed by atoms with E-state index >= 15 is 0 Å². The molecule has 0 saturated carbocycles. The summed E-state index contributed by atoms with van der Waals surface area (Å²) in [5, 5.41) is 17.8. The zero-order valence-corrected chi connectivity index (χ0v) is 18.8. The highest BCUT2D eigenvalue weighted by atomic mass is 32.1. The third-order valence-electron chi connectivity index (χ3n) is 5.75. The Bertz CT molecular complexity index is 1350. The molecule has 5 rings (SSSR count). The SMILES string of the molecule is O=C(c1cc(-c2cccs2)nn1-c1cccc([N+](=O)[O-])c1)N1CCN(c2ccccc2F)CC1. The van der Waals surface area contributed by atoms with Crippen molar-refractivity contribution >= 4 is 28.6 Å². The average molecular weight is 478 g/mol. The summed E-state index contributed by atoms with van der Waals surface area (Å²) in [5.41, 5.74) is 1.82. The van der Waals surface area contributed by atoms with Crippen molar-refractivity contribution in [1.82, 2.24) is 14.7 Å². The van der Waals surface area contributed by atoms with E-state index in [1.807, 2.05) is 22.4 Å². The van der Waals surface area contributed by atoms with Crippen LogP contribution in [-0.4, -0.2) is 51.7 Å². The van der Waals surface area contributed by atoms with Crippen molar-refractivity contribution in [3.05, 3.63) is 93.7 Å². The standard InChI is InChI=1S/C24H20FN5O3S/c25-19-7-1-2-8-21(19)27-10-12-28(13-11-27)24(31)22-16-20(23-9-4-14-34-23)26-29(22)17-5-3-6-18(15-17)30(32)33/h1-9,14-16H,10-13H2. The molecule has 0 bridgehead atoms. The third-order valence-corrected chi connectivity index (χ3v) is 6.64.